The molecule has 1 unspecified atom stereocenters. The van der Waals surface area contributed by atoms with Gasteiger partial charge in [-0.15, -0.1) is 0 Å². The van der Waals surface area contributed by atoms with Crippen LogP contribution >= 0.6 is 0 Å². The van der Waals surface area contributed by atoms with Gasteiger partial charge in [0.2, 0.25) is 5.91 Å². The van der Waals surface area contributed by atoms with E-state index in [1.807, 2.05) is 43.1 Å². The predicted octanol–water partition coefficient (Wildman–Crippen LogP) is 1.58. The Balaban J connectivity index is 1.72. The zero-order valence-electron chi connectivity index (χ0n) is 11.7. The molecule has 1 atom stereocenters. The molecule has 104 valence electrons. The number of ether oxygens (including phenoxy) is 1. The Morgan fingerprint density at radius 1 is 1.53 bits per heavy atom. The highest BCUT2D eigenvalue weighted by atomic mass is 16.5. The van der Waals surface area contributed by atoms with Crippen LogP contribution in [-0.2, 0) is 4.79 Å². The summed E-state index contributed by atoms with van der Waals surface area (Å²) in [6.45, 7) is 4.15. The molecule has 0 radical (unpaired) electrons. The van der Waals surface area contributed by atoms with Crippen molar-refractivity contribution in [1.82, 2.24) is 10.2 Å². The fourth-order valence-electron chi connectivity index (χ4n) is 2.34. The van der Waals surface area contributed by atoms with Crippen LogP contribution in [0.25, 0.3) is 0 Å². The van der Waals surface area contributed by atoms with Gasteiger partial charge >= 0.3 is 0 Å². The van der Waals surface area contributed by atoms with E-state index in [1.54, 1.807) is 0 Å². The number of rotatable bonds is 5. The number of nitrogens with zero attached hydrogens (tertiary/aromatic N) is 1. The Morgan fingerprint density at radius 3 is 3.05 bits per heavy atom. The standard InChI is InChI=1S/C15H22N2O2/c1-12-4-3-5-14(10-12)19-9-7-15(18)17-8-6-13(11-17)16-2/h3-5,10,13,16H,6-9,11H2,1-2H3. The highest BCUT2D eigenvalue weighted by molar-refractivity contribution is 5.76. The summed E-state index contributed by atoms with van der Waals surface area (Å²) in [5.41, 5.74) is 1.17. The highest BCUT2D eigenvalue weighted by Gasteiger charge is 2.24. The van der Waals surface area contributed by atoms with E-state index in [9.17, 15) is 4.79 Å². The summed E-state index contributed by atoms with van der Waals surface area (Å²) >= 11 is 0. The number of likely N-dealkylation sites (N-methyl/N-ethyl adjacent to an activating group) is 1. The Morgan fingerprint density at radius 2 is 2.37 bits per heavy atom. The third-order valence-corrected chi connectivity index (χ3v) is 3.52. The second kappa shape index (κ2) is 6.57. The molecular weight excluding hydrogens is 240 g/mol. The van der Waals surface area contributed by atoms with Gasteiger partial charge < -0.3 is 15.0 Å². The van der Waals surface area contributed by atoms with Crippen molar-refractivity contribution < 1.29 is 9.53 Å². The smallest absolute Gasteiger partial charge is 0.226 e. The summed E-state index contributed by atoms with van der Waals surface area (Å²) in [6, 6.07) is 8.34. The van der Waals surface area contributed by atoms with E-state index in [0.29, 0.717) is 19.1 Å². The van der Waals surface area contributed by atoms with E-state index in [-0.39, 0.29) is 5.91 Å². The molecule has 1 aromatic rings. The second-order valence-corrected chi connectivity index (χ2v) is 5.03. The minimum Gasteiger partial charge on any atom is -0.493 e. The molecule has 0 saturated carbocycles. The molecular formula is C15H22N2O2. The van der Waals surface area contributed by atoms with Crippen molar-refractivity contribution >= 4 is 5.91 Å². The first-order valence-corrected chi connectivity index (χ1v) is 6.83. The van der Waals surface area contributed by atoms with Gasteiger partial charge in [0.1, 0.15) is 5.75 Å². The number of benzene rings is 1. The van der Waals surface area contributed by atoms with Crippen molar-refractivity contribution in [3.05, 3.63) is 29.8 Å². The number of nitrogens with one attached hydrogen (secondary N) is 1. The fourth-order valence-corrected chi connectivity index (χ4v) is 2.34. The molecule has 1 N–H and O–H groups in total. The maximum absolute atomic E-state index is 12.0. The van der Waals surface area contributed by atoms with Crippen LogP contribution in [0.4, 0.5) is 0 Å². The summed E-state index contributed by atoms with van der Waals surface area (Å²) in [7, 11) is 1.94. The van der Waals surface area contributed by atoms with Crippen LogP contribution in [0.1, 0.15) is 18.4 Å². The molecule has 1 aliphatic heterocycles. The van der Waals surface area contributed by atoms with Crippen molar-refractivity contribution in [3.8, 4) is 5.75 Å². The molecule has 19 heavy (non-hydrogen) atoms. The zero-order chi connectivity index (χ0) is 13.7. The number of amides is 1. The number of aryl methyl sites for hydroxylation is 1. The van der Waals surface area contributed by atoms with Crippen LogP contribution in [-0.4, -0.2) is 43.6 Å². The Hall–Kier alpha value is -1.55. The van der Waals surface area contributed by atoms with Gasteiger partial charge in [0.25, 0.3) is 0 Å². The lowest BCUT2D eigenvalue weighted by molar-refractivity contribution is -0.130. The molecule has 1 saturated heterocycles. The van der Waals surface area contributed by atoms with Crippen molar-refractivity contribution in [2.24, 2.45) is 0 Å². The topological polar surface area (TPSA) is 41.6 Å². The Bertz CT molecular complexity index is 434. The number of carbonyl (C=O) groups excluding carboxylic acids is 1. The zero-order valence-corrected chi connectivity index (χ0v) is 11.7. The van der Waals surface area contributed by atoms with Crippen LogP contribution < -0.4 is 10.1 Å². The van der Waals surface area contributed by atoms with Crippen LogP contribution in [0.5, 0.6) is 5.75 Å². The molecule has 1 heterocycles. The van der Waals surface area contributed by atoms with Gasteiger partial charge in [-0.2, -0.15) is 0 Å². The Kier molecular flexibility index (Phi) is 4.80. The van der Waals surface area contributed by atoms with Gasteiger partial charge in [-0.1, -0.05) is 12.1 Å². The summed E-state index contributed by atoms with van der Waals surface area (Å²) in [6.07, 6.45) is 1.49. The second-order valence-electron chi connectivity index (χ2n) is 5.03. The summed E-state index contributed by atoms with van der Waals surface area (Å²) in [4.78, 5) is 13.9. The number of hydrogen-bond donors (Lipinski definition) is 1. The minimum absolute atomic E-state index is 0.186. The lowest BCUT2D eigenvalue weighted by Crippen LogP contribution is -2.34. The van der Waals surface area contributed by atoms with E-state index in [2.05, 4.69) is 5.32 Å². The van der Waals surface area contributed by atoms with E-state index >= 15 is 0 Å². The van der Waals surface area contributed by atoms with Crippen molar-refractivity contribution in [2.75, 3.05) is 26.7 Å². The summed E-state index contributed by atoms with van der Waals surface area (Å²) < 4.78 is 5.61. The maximum Gasteiger partial charge on any atom is 0.226 e. The van der Waals surface area contributed by atoms with Crippen LogP contribution in [0.3, 0.4) is 0 Å². The third-order valence-electron chi connectivity index (χ3n) is 3.52. The van der Waals surface area contributed by atoms with Gasteiger partial charge in [-0.3, -0.25) is 4.79 Å². The summed E-state index contributed by atoms with van der Waals surface area (Å²) in [5, 5.41) is 3.21. The van der Waals surface area contributed by atoms with Gasteiger partial charge in [-0.25, -0.2) is 0 Å². The molecule has 1 fully saturated rings. The number of likely N-dealkylation sites (tertiary alicyclic amines) is 1. The Labute approximate surface area is 114 Å². The first kappa shape index (κ1) is 13.9. The quantitative estimate of drug-likeness (QED) is 0.876. The van der Waals surface area contributed by atoms with Crippen molar-refractivity contribution in [2.45, 2.75) is 25.8 Å². The van der Waals surface area contributed by atoms with Gasteiger partial charge in [0.15, 0.2) is 0 Å². The number of hydrogen-bond acceptors (Lipinski definition) is 3. The number of carbonyl (C=O) groups is 1. The molecule has 0 aromatic heterocycles. The van der Waals surface area contributed by atoms with E-state index < -0.39 is 0 Å². The van der Waals surface area contributed by atoms with Crippen LogP contribution in [0.15, 0.2) is 24.3 Å². The SMILES string of the molecule is CNC1CCN(C(=O)CCOc2cccc(C)c2)C1. The monoisotopic (exact) mass is 262 g/mol. The first-order valence-electron chi connectivity index (χ1n) is 6.83. The average molecular weight is 262 g/mol. The molecule has 4 nitrogen and oxygen atoms in total. The van der Waals surface area contributed by atoms with Crippen molar-refractivity contribution in [3.63, 3.8) is 0 Å². The molecule has 2 rings (SSSR count). The molecule has 1 aliphatic rings. The van der Waals surface area contributed by atoms with Crippen molar-refractivity contribution in [1.29, 1.82) is 0 Å². The predicted molar refractivity (Wildman–Crippen MR) is 75.3 cm³/mol. The van der Waals surface area contributed by atoms with Crippen LogP contribution in [0.2, 0.25) is 0 Å². The third kappa shape index (κ3) is 3.96. The van der Waals surface area contributed by atoms with Gasteiger partial charge in [-0.05, 0) is 38.1 Å². The minimum atomic E-state index is 0.186. The lowest BCUT2D eigenvalue weighted by atomic mass is 10.2. The molecule has 0 spiro atoms. The molecule has 1 amide bonds. The normalized spacial score (nSPS) is 18.6. The van der Waals surface area contributed by atoms with E-state index in [1.165, 1.54) is 5.56 Å². The highest BCUT2D eigenvalue weighted by Crippen LogP contribution is 2.14. The van der Waals surface area contributed by atoms with E-state index in [0.717, 1.165) is 25.3 Å². The molecule has 0 bridgehead atoms. The van der Waals surface area contributed by atoms with Crippen LogP contribution in [0, 0.1) is 6.92 Å². The van der Waals surface area contributed by atoms with Gasteiger partial charge in [0, 0.05) is 19.1 Å². The molecule has 1 aromatic carbocycles. The first-order chi connectivity index (χ1) is 9.19. The van der Waals surface area contributed by atoms with Gasteiger partial charge in [0.05, 0.1) is 13.0 Å². The largest absolute Gasteiger partial charge is 0.493 e. The maximum atomic E-state index is 12.0. The molecule has 0 aliphatic carbocycles. The molecule has 4 heteroatoms. The fraction of sp³-hybridized carbons (Fsp3) is 0.533. The average Bonchev–Trinajstić information content (AvgIpc) is 2.87. The van der Waals surface area contributed by atoms with E-state index in [4.69, 9.17) is 4.74 Å². The lowest BCUT2D eigenvalue weighted by Gasteiger charge is -2.16. The summed E-state index contributed by atoms with van der Waals surface area (Å²) in [5.74, 6) is 1.02.